The Morgan fingerprint density at radius 1 is 1.14 bits per heavy atom. The zero-order chi connectivity index (χ0) is 21.4. The summed E-state index contributed by atoms with van der Waals surface area (Å²) in [6, 6.07) is 1.57. The van der Waals surface area contributed by atoms with Gasteiger partial charge in [0.1, 0.15) is 5.56 Å². The van der Waals surface area contributed by atoms with Gasteiger partial charge in [0.2, 0.25) is 5.88 Å². The van der Waals surface area contributed by atoms with Gasteiger partial charge in [0.25, 0.3) is 5.91 Å². The molecule has 9 heteroatoms. The Labute approximate surface area is 165 Å². The van der Waals surface area contributed by atoms with Crippen LogP contribution in [0.4, 0.5) is 0 Å². The third-order valence-electron chi connectivity index (χ3n) is 4.60. The van der Waals surface area contributed by atoms with E-state index in [0.29, 0.717) is 22.3 Å². The van der Waals surface area contributed by atoms with Gasteiger partial charge >= 0.3 is 0 Å². The second-order valence-electron chi connectivity index (χ2n) is 6.99. The quantitative estimate of drug-likeness (QED) is 0.672. The van der Waals surface area contributed by atoms with Gasteiger partial charge in [-0.05, 0) is 43.5 Å². The van der Waals surface area contributed by atoms with E-state index in [9.17, 15) is 18.0 Å². The maximum atomic E-state index is 13.2. The minimum Gasteiger partial charge on any atom is -0.467 e. The summed E-state index contributed by atoms with van der Waals surface area (Å²) in [5, 5.41) is 4.07. The van der Waals surface area contributed by atoms with Gasteiger partial charge in [0.05, 0.1) is 11.1 Å². The van der Waals surface area contributed by atoms with E-state index in [1.807, 2.05) is 0 Å². The van der Waals surface area contributed by atoms with Crippen LogP contribution in [0.3, 0.4) is 0 Å². The molecule has 0 bridgehead atoms. The average molecular weight is 407 g/mol. The third-order valence-corrected chi connectivity index (χ3v) is 5.97. The van der Waals surface area contributed by atoms with E-state index >= 15 is 0 Å². The molecule has 1 amide bonds. The lowest BCUT2D eigenvalue weighted by atomic mass is 9.95. The molecule has 0 radical (unpaired) electrons. The average Bonchev–Trinajstić information content (AvgIpc) is 2.94. The number of carbonyl (C=O) groups excluding carboxylic acids is 2. The molecule has 1 aromatic heterocycles. The smallest absolute Gasteiger partial charge is 0.260 e. The van der Waals surface area contributed by atoms with Crippen LogP contribution < -0.4 is 4.74 Å². The molecular formula is C19H25N3O5S. The van der Waals surface area contributed by atoms with E-state index in [0.717, 1.165) is 6.26 Å². The van der Waals surface area contributed by atoms with Crippen molar-refractivity contribution in [2.45, 2.75) is 25.7 Å². The van der Waals surface area contributed by atoms with Gasteiger partial charge in [0, 0.05) is 33.0 Å². The predicted octanol–water partition coefficient (Wildman–Crippen LogP) is 1.45. The molecule has 0 atom stereocenters. The molecule has 0 N–H and O–H groups in total. The van der Waals surface area contributed by atoms with Crippen LogP contribution in [-0.4, -0.2) is 61.7 Å². The highest BCUT2D eigenvalue weighted by molar-refractivity contribution is 7.90. The number of rotatable bonds is 6. The molecule has 152 valence electrons. The molecule has 0 fully saturated rings. The molecule has 8 nitrogen and oxygen atoms in total. The van der Waals surface area contributed by atoms with Gasteiger partial charge in [-0.2, -0.15) is 5.10 Å². The van der Waals surface area contributed by atoms with Gasteiger partial charge in [0.15, 0.2) is 22.2 Å². The number of hydrogen-bond donors (Lipinski definition) is 0. The fourth-order valence-electron chi connectivity index (χ4n) is 3.02. The lowest BCUT2D eigenvalue weighted by molar-refractivity contribution is -0.130. The molecule has 0 aliphatic rings. The van der Waals surface area contributed by atoms with Gasteiger partial charge in [-0.1, -0.05) is 0 Å². The van der Waals surface area contributed by atoms with Crippen LogP contribution in [0.2, 0.25) is 0 Å². The molecule has 2 rings (SSSR count). The summed E-state index contributed by atoms with van der Waals surface area (Å²) in [6.07, 6.45) is 2.53. The third kappa shape index (κ3) is 4.09. The number of nitrogens with zero attached hydrogens (tertiary/aromatic N) is 3. The summed E-state index contributed by atoms with van der Waals surface area (Å²) >= 11 is 0. The molecule has 0 spiro atoms. The first-order chi connectivity index (χ1) is 12.9. The summed E-state index contributed by atoms with van der Waals surface area (Å²) in [5.74, 6) is -0.411. The van der Waals surface area contributed by atoms with Crippen LogP contribution in [0.1, 0.15) is 32.6 Å². The topological polar surface area (TPSA) is 98.6 Å². The number of amides is 1. The Hall–Kier alpha value is -2.68. The Balaban J connectivity index is 2.50. The zero-order valence-electron chi connectivity index (χ0n) is 17.2. The first kappa shape index (κ1) is 21.6. The van der Waals surface area contributed by atoms with E-state index in [1.165, 1.54) is 15.8 Å². The van der Waals surface area contributed by atoms with Crippen molar-refractivity contribution in [3.63, 3.8) is 0 Å². The maximum Gasteiger partial charge on any atom is 0.260 e. The first-order valence-electron chi connectivity index (χ1n) is 8.56. The van der Waals surface area contributed by atoms with Crippen LogP contribution in [0.15, 0.2) is 17.2 Å². The summed E-state index contributed by atoms with van der Waals surface area (Å²) in [5.41, 5.74) is 2.21. The van der Waals surface area contributed by atoms with Crippen molar-refractivity contribution in [2.75, 3.05) is 27.0 Å². The second kappa shape index (κ2) is 7.75. The Morgan fingerprint density at radius 2 is 1.75 bits per heavy atom. The molecule has 0 saturated heterocycles. The second-order valence-corrected chi connectivity index (χ2v) is 8.94. The van der Waals surface area contributed by atoms with Crippen molar-refractivity contribution in [1.29, 1.82) is 0 Å². The zero-order valence-corrected chi connectivity index (χ0v) is 18.0. The number of ether oxygens (including phenoxy) is 1. The summed E-state index contributed by atoms with van der Waals surface area (Å²) in [7, 11) is 1.42. The van der Waals surface area contributed by atoms with Crippen LogP contribution in [0.5, 0.6) is 5.88 Å². The fraction of sp³-hybridized carbons (Fsp3) is 0.421. The van der Waals surface area contributed by atoms with E-state index in [-0.39, 0.29) is 34.6 Å². The normalized spacial score (nSPS) is 11.4. The molecule has 2 aromatic rings. The Morgan fingerprint density at radius 3 is 2.29 bits per heavy atom. The number of likely N-dealkylation sites (N-methyl/N-ethyl adjacent to an activating group) is 1. The molecule has 1 heterocycles. The molecule has 0 saturated carbocycles. The van der Waals surface area contributed by atoms with Gasteiger partial charge in [-0.3, -0.25) is 9.59 Å². The van der Waals surface area contributed by atoms with Crippen molar-refractivity contribution >= 4 is 21.5 Å². The highest BCUT2D eigenvalue weighted by Gasteiger charge is 2.25. The standard InChI is InChI=1S/C19H25N3O5S/c1-11-8-14(12(2)13(3)18(11)28(7,25)26)17(24)15-9-20-22(6)19(15)27-10-16(23)21(4)5/h8-9H,10H2,1-7H3. The van der Waals surface area contributed by atoms with E-state index in [1.54, 1.807) is 48.0 Å². The number of benzene rings is 1. The summed E-state index contributed by atoms with van der Waals surface area (Å²) < 4.78 is 31.1. The molecule has 28 heavy (non-hydrogen) atoms. The minimum absolute atomic E-state index is 0.182. The number of ketones is 1. The van der Waals surface area contributed by atoms with Gasteiger partial charge < -0.3 is 9.64 Å². The lowest BCUT2D eigenvalue weighted by Gasteiger charge is -2.16. The van der Waals surface area contributed by atoms with Crippen molar-refractivity contribution in [3.05, 3.63) is 40.1 Å². The number of aromatic nitrogens is 2. The van der Waals surface area contributed by atoms with Crippen molar-refractivity contribution in [1.82, 2.24) is 14.7 Å². The highest BCUT2D eigenvalue weighted by Crippen LogP contribution is 2.29. The van der Waals surface area contributed by atoms with E-state index < -0.39 is 9.84 Å². The number of sulfone groups is 1. The Bertz CT molecular complexity index is 1050. The molecule has 0 aliphatic heterocycles. The molecule has 0 unspecified atom stereocenters. The van der Waals surface area contributed by atoms with Crippen molar-refractivity contribution < 1.29 is 22.7 Å². The van der Waals surface area contributed by atoms with Crippen molar-refractivity contribution in [3.8, 4) is 5.88 Å². The summed E-state index contributed by atoms with van der Waals surface area (Å²) in [4.78, 5) is 26.6. The molecule has 1 aromatic carbocycles. The SMILES string of the molecule is Cc1cc(C(=O)c2cnn(C)c2OCC(=O)N(C)C)c(C)c(C)c1S(C)(=O)=O. The van der Waals surface area contributed by atoms with E-state index in [4.69, 9.17) is 4.74 Å². The van der Waals surface area contributed by atoms with E-state index in [2.05, 4.69) is 5.10 Å². The first-order valence-corrected chi connectivity index (χ1v) is 10.5. The molecular weight excluding hydrogens is 382 g/mol. The van der Waals surface area contributed by atoms with Crippen molar-refractivity contribution in [2.24, 2.45) is 7.05 Å². The number of carbonyl (C=O) groups is 2. The lowest BCUT2D eigenvalue weighted by Crippen LogP contribution is -2.28. The maximum absolute atomic E-state index is 13.2. The van der Waals surface area contributed by atoms with Crippen LogP contribution in [0.25, 0.3) is 0 Å². The minimum atomic E-state index is -3.42. The predicted molar refractivity (Wildman–Crippen MR) is 105 cm³/mol. The highest BCUT2D eigenvalue weighted by atomic mass is 32.2. The number of hydrogen-bond acceptors (Lipinski definition) is 6. The largest absolute Gasteiger partial charge is 0.467 e. The van der Waals surface area contributed by atoms with Crippen LogP contribution in [0, 0.1) is 20.8 Å². The molecule has 0 aliphatic carbocycles. The van der Waals surface area contributed by atoms with Gasteiger partial charge in [-0.15, -0.1) is 0 Å². The monoisotopic (exact) mass is 407 g/mol. The van der Waals surface area contributed by atoms with Crippen LogP contribution in [-0.2, 0) is 21.7 Å². The van der Waals surface area contributed by atoms with Crippen LogP contribution >= 0.6 is 0 Å². The number of aryl methyl sites for hydroxylation is 2. The Kier molecular flexibility index (Phi) is 5.98. The van der Waals surface area contributed by atoms with Gasteiger partial charge in [-0.25, -0.2) is 13.1 Å². The summed E-state index contributed by atoms with van der Waals surface area (Å²) in [6.45, 7) is 4.84. The fourth-order valence-corrected chi connectivity index (χ4v) is 4.38.